The van der Waals surface area contributed by atoms with Gasteiger partial charge in [-0.1, -0.05) is 19.1 Å². The molecule has 2 aromatic heterocycles. The Kier molecular flexibility index (Phi) is 4.14. The first kappa shape index (κ1) is 13.5. The molecule has 102 valence electrons. The lowest BCUT2D eigenvalue weighted by molar-refractivity contribution is 0.551. The molecular weight excluding hydrogens is 240 g/mol. The fraction of sp³-hybridized carbons (Fsp3) is 0.500. The van der Waals surface area contributed by atoms with E-state index in [4.69, 9.17) is 4.42 Å². The van der Waals surface area contributed by atoms with E-state index in [0.717, 1.165) is 24.3 Å². The Morgan fingerprint density at radius 1 is 1.42 bits per heavy atom. The minimum absolute atomic E-state index is 0.381. The Balaban J connectivity index is 2.48. The van der Waals surface area contributed by atoms with E-state index in [-0.39, 0.29) is 0 Å². The zero-order valence-electron chi connectivity index (χ0n) is 11.9. The van der Waals surface area contributed by atoms with Gasteiger partial charge in [0, 0.05) is 19.5 Å². The molecule has 0 unspecified atom stereocenters. The van der Waals surface area contributed by atoms with Gasteiger partial charge in [-0.25, -0.2) is 9.97 Å². The molecule has 0 saturated heterocycles. The normalized spacial score (nSPS) is 13.3. The molecule has 0 aliphatic carbocycles. The lowest BCUT2D eigenvalue weighted by Crippen LogP contribution is -2.33. The topological polar surface area (TPSA) is 55.1 Å². The number of hydrogen-bond donors (Lipinski definition) is 0. The first-order valence-electron chi connectivity index (χ1n) is 6.63. The third-order valence-electron chi connectivity index (χ3n) is 3.22. The van der Waals surface area contributed by atoms with Crippen LogP contribution in [0.2, 0.25) is 0 Å². The third kappa shape index (κ3) is 2.75. The smallest absolute Gasteiger partial charge is 0.252 e. The molecule has 0 aromatic carbocycles. The maximum absolute atomic E-state index is 5.47. The van der Waals surface area contributed by atoms with Crippen LogP contribution in [-0.2, 0) is 0 Å². The van der Waals surface area contributed by atoms with E-state index in [0.29, 0.717) is 17.6 Å². The van der Waals surface area contributed by atoms with Crippen molar-refractivity contribution < 1.29 is 4.42 Å². The first-order chi connectivity index (χ1) is 9.17. The van der Waals surface area contributed by atoms with Crippen molar-refractivity contribution in [3.8, 4) is 0 Å². The summed E-state index contributed by atoms with van der Waals surface area (Å²) in [6, 6.07) is 0.381. The van der Waals surface area contributed by atoms with Crippen LogP contribution in [0.15, 0.2) is 22.9 Å². The molecule has 1 atom stereocenters. The maximum atomic E-state index is 5.47. The van der Waals surface area contributed by atoms with Gasteiger partial charge in [-0.2, -0.15) is 4.98 Å². The second-order valence-corrected chi connectivity index (χ2v) is 4.56. The molecule has 2 aromatic rings. The summed E-state index contributed by atoms with van der Waals surface area (Å²) in [7, 11) is 0. The Morgan fingerprint density at radius 3 is 2.89 bits per heavy atom. The van der Waals surface area contributed by atoms with Crippen molar-refractivity contribution in [2.45, 2.75) is 40.2 Å². The van der Waals surface area contributed by atoms with Gasteiger partial charge >= 0.3 is 0 Å². The van der Waals surface area contributed by atoms with E-state index in [2.05, 4.69) is 39.8 Å². The Bertz CT molecular complexity index is 576. The largest absolute Gasteiger partial charge is 0.422 e. The van der Waals surface area contributed by atoms with Crippen molar-refractivity contribution in [2.24, 2.45) is 0 Å². The van der Waals surface area contributed by atoms with E-state index >= 15 is 0 Å². The lowest BCUT2D eigenvalue weighted by atomic mass is 10.2. The van der Waals surface area contributed by atoms with Crippen LogP contribution in [0.3, 0.4) is 0 Å². The van der Waals surface area contributed by atoms with Crippen molar-refractivity contribution in [2.75, 3.05) is 11.4 Å². The van der Waals surface area contributed by atoms with E-state index in [9.17, 15) is 0 Å². The van der Waals surface area contributed by atoms with Crippen LogP contribution in [0.5, 0.6) is 0 Å². The minimum atomic E-state index is 0.381. The number of aryl methyl sites for hydroxylation is 1. The predicted octanol–water partition coefficient (Wildman–Crippen LogP) is 3.11. The molecule has 0 aliphatic heterocycles. The molecule has 0 fully saturated rings. The van der Waals surface area contributed by atoms with Gasteiger partial charge in [0.25, 0.3) is 5.71 Å². The molecule has 0 aliphatic rings. The van der Waals surface area contributed by atoms with Gasteiger partial charge in [0.15, 0.2) is 17.2 Å². The predicted molar refractivity (Wildman–Crippen MR) is 76.2 cm³/mol. The van der Waals surface area contributed by atoms with Crippen molar-refractivity contribution in [3.63, 3.8) is 0 Å². The molecular formula is C14H20N4O. The van der Waals surface area contributed by atoms with Gasteiger partial charge in [-0.3, -0.25) is 0 Å². The van der Waals surface area contributed by atoms with Gasteiger partial charge in [0.1, 0.15) is 6.33 Å². The number of nitrogens with zero attached hydrogens (tertiary/aromatic N) is 4. The molecule has 5 nitrogen and oxygen atoms in total. The van der Waals surface area contributed by atoms with Gasteiger partial charge in [-0.05, 0) is 20.3 Å². The summed E-state index contributed by atoms with van der Waals surface area (Å²) in [5.41, 5.74) is 1.29. The maximum Gasteiger partial charge on any atom is 0.252 e. The summed E-state index contributed by atoms with van der Waals surface area (Å²) in [5.74, 6) is 1.46. The molecule has 5 heteroatoms. The number of anilines is 1. The summed E-state index contributed by atoms with van der Waals surface area (Å²) in [6.07, 6.45) is 6.74. The summed E-state index contributed by atoms with van der Waals surface area (Å²) >= 11 is 0. The number of rotatable bonds is 5. The van der Waals surface area contributed by atoms with E-state index < -0.39 is 0 Å². The number of fused-ring (bicyclic) bond motifs is 1. The van der Waals surface area contributed by atoms with Crippen LogP contribution in [0.25, 0.3) is 11.2 Å². The SMILES string of the molecule is C/C=C/CN(c1ncnc2oc(C)nc12)[C@@H](C)CC. The van der Waals surface area contributed by atoms with Gasteiger partial charge in [0.2, 0.25) is 0 Å². The van der Waals surface area contributed by atoms with Crippen LogP contribution >= 0.6 is 0 Å². The second-order valence-electron chi connectivity index (χ2n) is 4.56. The van der Waals surface area contributed by atoms with Crippen LogP contribution in [-0.4, -0.2) is 27.5 Å². The van der Waals surface area contributed by atoms with Gasteiger partial charge < -0.3 is 9.32 Å². The molecule has 0 spiro atoms. The Morgan fingerprint density at radius 2 is 2.21 bits per heavy atom. The molecule has 19 heavy (non-hydrogen) atoms. The van der Waals surface area contributed by atoms with Gasteiger partial charge in [-0.15, -0.1) is 0 Å². The van der Waals surface area contributed by atoms with Crippen molar-refractivity contribution in [1.82, 2.24) is 15.0 Å². The summed E-state index contributed by atoms with van der Waals surface area (Å²) < 4.78 is 5.47. The van der Waals surface area contributed by atoms with Crippen LogP contribution in [0, 0.1) is 6.92 Å². The summed E-state index contributed by atoms with van der Waals surface area (Å²) in [4.78, 5) is 15.2. The standard InChI is InChI=1S/C14H20N4O/c1-5-7-8-18(10(3)6-2)13-12-14(16-9-15-13)19-11(4)17-12/h5,7,9-10H,6,8H2,1-4H3/b7-5+/t10-/m0/s1. The zero-order chi connectivity index (χ0) is 13.8. The molecule has 0 N–H and O–H groups in total. The molecule has 2 rings (SSSR count). The Labute approximate surface area is 113 Å². The second kappa shape index (κ2) is 5.82. The minimum Gasteiger partial charge on any atom is -0.422 e. The zero-order valence-corrected chi connectivity index (χ0v) is 11.9. The quantitative estimate of drug-likeness (QED) is 0.773. The summed E-state index contributed by atoms with van der Waals surface area (Å²) in [6.45, 7) is 9.00. The number of allylic oxidation sites excluding steroid dienone is 1. The number of oxazole rings is 1. The molecule has 0 saturated carbocycles. The monoisotopic (exact) mass is 260 g/mol. The Hall–Kier alpha value is -1.91. The molecule has 0 radical (unpaired) electrons. The number of hydrogen-bond acceptors (Lipinski definition) is 5. The highest BCUT2D eigenvalue weighted by atomic mass is 16.4. The van der Waals surface area contributed by atoms with E-state index in [1.807, 2.05) is 19.9 Å². The molecule has 2 heterocycles. The average Bonchev–Trinajstić information content (AvgIpc) is 2.79. The highest BCUT2D eigenvalue weighted by Crippen LogP contribution is 2.25. The van der Waals surface area contributed by atoms with Crippen molar-refractivity contribution >= 4 is 17.0 Å². The van der Waals surface area contributed by atoms with Crippen molar-refractivity contribution in [3.05, 3.63) is 24.4 Å². The van der Waals surface area contributed by atoms with Crippen molar-refractivity contribution in [1.29, 1.82) is 0 Å². The average molecular weight is 260 g/mol. The molecule has 0 bridgehead atoms. The third-order valence-corrected chi connectivity index (χ3v) is 3.22. The lowest BCUT2D eigenvalue weighted by Gasteiger charge is -2.28. The molecule has 0 amide bonds. The number of aromatic nitrogens is 3. The van der Waals surface area contributed by atoms with E-state index in [1.54, 1.807) is 0 Å². The van der Waals surface area contributed by atoms with Crippen LogP contribution in [0.4, 0.5) is 5.82 Å². The first-order valence-corrected chi connectivity index (χ1v) is 6.63. The highest BCUT2D eigenvalue weighted by molar-refractivity contribution is 5.81. The fourth-order valence-electron chi connectivity index (χ4n) is 1.97. The van der Waals surface area contributed by atoms with E-state index in [1.165, 1.54) is 6.33 Å². The van der Waals surface area contributed by atoms with Crippen LogP contribution < -0.4 is 4.90 Å². The van der Waals surface area contributed by atoms with Gasteiger partial charge in [0.05, 0.1) is 0 Å². The fourth-order valence-corrected chi connectivity index (χ4v) is 1.97. The summed E-state index contributed by atoms with van der Waals surface area (Å²) in [5, 5.41) is 0. The van der Waals surface area contributed by atoms with Crippen LogP contribution in [0.1, 0.15) is 33.1 Å². The highest BCUT2D eigenvalue weighted by Gasteiger charge is 2.19.